The molecule has 0 spiro atoms. The zero-order chi connectivity index (χ0) is 12.3. The number of rotatable bonds is 4. The minimum atomic E-state index is -0.168. The molecule has 1 fully saturated rings. The Morgan fingerprint density at radius 2 is 2.22 bits per heavy atom. The van der Waals surface area contributed by atoms with Gasteiger partial charge in [0.1, 0.15) is 5.82 Å². The lowest BCUT2D eigenvalue weighted by Gasteiger charge is -2.24. The largest absolute Gasteiger partial charge is 0.318 e. The van der Waals surface area contributed by atoms with Gasteiger partial charge in [-0.15, -0.1) is 12.4 Å². The van der Waals surface area contributed by atoms with Crippen LogP contribution in [0.4, 0.5) is 4.39 Å². The minimum Gasteiger partial charge on any atom is -0.318 e. The summed E-state index contributed by atoms with van der Waals surface area (Å²) < 4.78 is 14.1. The number of hydrogen-bond donors (Lipinski definition) is 1. The Labute approximate surface area is 122 Å². The number of halogens is 3. The predicted octanol–water partition coefficient (Wildman–Crippen LogP) is 3.19. The van der Waals surface area contributed by atoms with Crippen LogP contribution in [0.5, 0.6) is 0 Å². The van der Waals surface area contributed by atoms with E-state index in [2.05, 4.69) is 26.1 Å². The van der Waals surface area contributed by atoms with Crippen LogP contribution in [0.2, 0.25) is 0 Å². The van der Waals surface area contributed by atoms with E-state index in [0.29, 0.717) is 6.04 Å². The second kappa shape index (κ2) is 7.43. The van der Waals surface area contributed by atoms with Gasteiger partial charge >= 0.3 is 0 Å². The molecule has 1 aromatic carbocycles. The summed E-state index contributed by atoms with van der Waals surface area (Å²) in [5.41, 5.74) is 1.04. The Bertz CT molecular complexity index is 369. The van der Waals surface area contributed by atoms with E-state index in [1.807, 2.05) is 13.1 Å². The van der Waals surface area contributed by atoms with E-state index >= 15 is 0 Å². The number of hydrogen-bond acceptors (Lipinski definition) is 2. The summed E-state index contributed by atoms with van der Waals surface area (Å²) in [5, 5.41) is 3.22. The molecule has 1 aromatic rings. The molecule has 1 heterocycles. The van der Waals surface area contributed by atoms with E-state index in [4.69, 9.17) is 0 Å². The maximum Gasteiger partial charge on any atom is 0.124 e. The van der Waals surface area contributed by atoms with E-state index in [0.717, 1.165) is 29.7 Å². The molecule has 5 heteroatoms. The van der Waals surface area contributed by atoms with Crippen molar-refractivity contribution in [3.8, 4) is 0 Å². The van der Waals surface area contributed by atoms with Crippen LogP contribution >= 0.6 is 28.3 Å². The van der Waals surface area contributed by atoms with Gasteiger partial charge in [-0.05, 0) is 50.2 Å². The fourth-order valence-corrected chi connectivity index (χ4v) is 3.02. The molecule has 0 amide bonds. The molecule has 102 valence electrons. The van der Waals surface area contributed by atoms with Gasteiger partial charge < -0.3 is 5.32 Å². The van der Waals surface area contributed by atoms with Crippen LogP contribution in [0.3, 0.4) is 0 Å². The summed E-state index contributed by atoms with van der Waals surface area (Å²) in [5.74, 6) is -0.168. The normalized spacial score (nSPS) is 19.8. The number of likely N-dealkylation sites (N-methyl/N-ethyl adjacent to an activating group) is 1. The van der Waals surface area contributed by atoms with Crippen molar-refractivity contribution in [2.75, 3.05) is 20.1 Å². The fourth-order valence-electron chi connectivity index (χ4n) is 2.51. The third-order valence-electron chi connectivity index (χ3n) is 3.25. The van der Waals surface area contributed by atoms with Crippen LogP contribution in [0, 0.1) is 5.82 Å². The van der Waals surface area contributed by atoms with Crippen molar-refractivity contribution < 1.29 is 4.39 Å². The number of nitrogens with one attached hydrogen (secondary N) is 1. The quantitative estimate of drug-likeness (QED) is 0.908. The van der Waals surface area contributed by atoms with Crippen LogP contribution in [-0.2, 0) is 6.54 Å². The highest BCUT2D eigenvalue weighted by molar-refractivity contribution is 9.10. The third kappa shape index (κ3) is 4.19. The molecule has 1 unspecified atom stereocenters. The summed E-state index contributed by atoms with van der Waals surface area (Å²) in [6.07, 6.45) is 2.47. The van der Waals surface area contributed by atoms with Gasteiger partial charge in [0.15, 0.2) is 0 Å². The average molecular weight is 338 g/mol. The Morgan fingerprint density at radius 3 is 2.89 bits per heavy atom. The number of likely N-dealkylation sites (tertiary alicyclic amines) is 1. The first kappa shape index (κ1) is 15.9. The summed E-state index contributed by atoms with van der Waals surface area (Å²) in [6.45, 7) is 2.96. The van der Waals surface area contributed by atoms with Crippen LogP contribution in [0.1, 0.15) is 18.4 Å². The zero-order valence-electron chi connectivity index (χ0n) is 10.5. The predicted molar refractivity (Wildman–Crippen MR) is 78.7 cm³/mol. The first-order valence-electron chi connectivity index (χ1n) is 6.02. The first-order valence-corrected chi connectivity index (χ1v) is 6.82. The summed E-state index contributed by atoms with van der Waals surface area (Å²) in [4.78, 5) is 2.43. The molecule has 2 nitrogen and oxygen atoms in total. The van der Waals surface area contributed by atoms with Crippen LogP contribution < -0.4 is 5.32 Å². The summed E-state index contributed by atoms with van der Waals surface area (Å²) >= 11 is 3.34. The van der Waals surface area contributed by atoms with Crippen LogP contribution in [0.15, 0.2) is 22.7 Å². The maximum absolute atomic E-state index is 13.3. The standard InChI is InChI=1S/C13H18BrFN2.ClH/c1-16-8-13-3-2-4-17(13)9-10-5-11(14)7-12(15)6-10;/h5-7,13,16H,2-4,8-9H2,1H3;1H. The summed E-state index contributed by atoms with van der Waals surface area (Å²) in [6, 6.07) is 5.71. The molecule has 1 saturated heterocycles. The Hall–Kier alpha value is -0.160. The molecule has 18 heavy (non-hydrogen) atoms. The molecule has 1 N–H and O–H groups in total. The maximum atomic E-state index is 13.3. The van der Waals surface area contributed by atoms with Crippen molar-refractivity contribution in [3.05, 3.63) is 34.1 Å². The topological polar surface area (TPSA) is 15.3 Å². The molecule has 0 saturated carbocycles. The highest BCUT2D eigenvalue weighted by Gasteiger charge is 2.23. The SMILES string of the molecule is CNCC1CCCN1Cc1cc(F)cc(Br)c1.Cl. The highest BCUT2D eigenvalue weighted by Crippen LogP contribution is 2.22. The molecular weight excluding hydrogens is 319 g/mol. The lowest BCUT2D eigenvalue weighted by molar-refractivity contribution is 0.242. The van der Waals surface area contributed by atoms with Gasteiger partial charge in [-0.25, -0.2) is 4.39 Å². The van der Waals surface area contributed by atoms with E-state index in [9.17, 15) is 4.39 Å². The number of nitrogens with zero attached hydrogens (tertiary/aromatic N) is 1. The van der Waals surface area contributed by atoms with Gasteiger partial charge in [0.2, 0.25) is 0 Å². The third-order valence-corrected chi connectivity index (χ3v) is 3.70. The van der Waals surface area contributed by atoms with Crippen molar-refractivity contribution in [2.45, 2.75) is 25.4 Å². The van der Waals surface area contributed by atoms with E-state index in [1.54, 1.807) is 6.07 Å². The Balaban J connectivity index is 0.00000162. The van der Waals surface area contributed by atoms with Gasteiger partial charge in [-0.1, -0.05) is 15.9 Å². The van der Waals surface area contributed by atoms with Crippen LogP contribution in [0.25, 0.3) is 0 Å². The second-order valence-electron chi connectivity index (χ2n) is 4.60. The molecule has 1 aliphatic rings. The first-order chi connectivity index (χ1) is 8.19. The van der Waals surface area contributed by atoms with E-state index in [-0.39, 0.29) is 18.2 Å². The molecule has 1 atom stereocenters. The second-order valence-corrected chi connectivity index (χ2v) is 5.52. The van der Waals surface area contributed by atoms with Crippen LogP contribution in [-0.4, -0.2) is 31.1 Å². The Kier molecular flexibility index (Phi) is 6.57. The lowest BCUT2D eigenvalue weighted by Crippen LogP contribution is -2.36. The van der Waals surface area contributed by atoms with Crippen molar-refractivity contribution >= 4 is 28.3 Å². The van der Waals surface area contributed by atoms with E-state index < -0.39 is 0 Å². The molecule has 2 rings (SSSR count). The molecule has 1 aliphatic heterocycles. The van der Waals surface area contributed by atoms with Gasteiger partial charge in [0.05, 0.1) is 0 Å². The average Bonchev–Trinajstić information content (AvgIpc) is 2.65. The van der Waals surface area contributed by atoms with Gasteiger partial charge in [-0.2, -0.15) is 0 Å². The highest BCUT2D eigenvalue weighted by atomic mass is 79.9. The molecule has 0 aromatic heterocycles. The fraction of sp³-hybridized carbons (Fsp3) is 0.538. The van der Waals surface area contributed by atoms with E-state index in [1.165, 1.54) is 18.9 Å². The minimum absolute atomic E-state index is 0. The van der Waals surface area contributed by atoms with Crippen molar-refractivity contribution in [3.63, 3.8) is 0 Å². The van der Waals surface area contributed by atoms with Crippen molar-refractivity contribution in [1.82, 2.24) is 10.2 Å². The zero-order valence-corrected chi connectivity index (χ0v) is 12.9. The smallest absolute Gasteiger partial charge is 0.124 e. The van der Waals surface area contributed by atoms with Gasteiger partial charge in [-0.3, -0.25) is 4.90 Å². The molecule has 0 aliphatic carbocycles. The molecule has 0 bridgehead atoms. The molecule has 0 radical (unpaired) electrons. The summed E-state index contributed by atoms with van der Waals surface area (Å²) in [7, 11) is 1.98. The van der Waals surface area contributed by atoms with Crippen molar-refractivity contribution in [1.29, 1.82) is 0 Å². The molecular formula is C13H19BrClFN2. The number of benzene rings is 1. The van der Waals surface area contributed by atoms with Gasteiger partial charge in [0, 0.05) is 23.6 Å². The van der Waals surface area contributed by atoms with Crippen molar-refractivity contribution in [2.24, 2.45) is 0 Å². The monoisotopic (exact) mass is 336 g/mol. The van der Waals surface area contributed by atoms with Gasteiger partial charge in [0.25, 0.3) is 0 Å². The lowest BCUT2D eigenvalue weighted by atomic mass is 10.2. The Morgan fingerprint density at radius 1 is 1.44 bits per heavy atom.